The van der Waals surface area contributed by atoms with Crippen LogP contribution in [0.1, 0.15) is 5.56 Å². The van der Waals surface area contributed by atoms with E-state index >= 15 is 0 Å². The Labute approximate surface area is 111 Å². The average Bonchev–Trinajstić information content (AvgIpc) is 2.31. The van der Waals surface area contributed by atoms with Crippen molar-refractivity contribution in [2.75, 3.05) is 18.9 Å². The van der Waals surface area contributed by atoms with E-state index < -0.39 is 0 Å². The van der Waals surface area contributed by atoms with Crippen LogP contribution in [0, 0.1) is 6.92 Å². The Kier molecular flexibility index (Phi) is 5.18. The Morgan fingerprint density at radius 3 is 2.76 bits per heavy atom. The molecule has 0 saturated heterocycles. The fourth-order valence-corrected chi connectivity index (χ4v) is 1.47. The van der Waals surface area contributed by atoms with Crippen LogP contribution in [0.4, 0.5) is 5.69 Å². The van der Waals surface area contributed by atoms with Gasteiger partial charge in [0, 0.05) is 17.8 Å². The lowest BCUT2D eigenvalue weighted by molar-refractivity contribution is -0.119. The lowest BCUT2D eigenvalue weighted by Gasteiger charge is -2.10. The minimum Gasteiger partial charge on any atom is -0.358 e. The number of likely N-dealkylation sites (N-methyl/N-ethyl adjacent to an activating group) is 1. The van der Waals surface area contributed by atoms with Gasteiger partial charge in [0.05, 0.1) is 6.54 Å². The molecule has 0 fully saturated rings. The van der Waals surface area contributed by atoms with Gasteiger partial charge >= 0.3 is 0 Å². The van der Waals surface area contributed by atoms with E-state index in [9.17, 15) is 4.79 Å². The second-order valence-corrected chi connectivity index (χ2v) is 4.26. The van der Waals surface area contributed by atoms with Gasteiger partial charge in [0.1, 0.15) is 0 Å². The van der Waals surface area contributed by atoms with Gasteiger partial charge in [0.15, 0.2) is 5.11 Å². The summed E-state index contributed by atoms with van der Waals surface area (Å²) in [6.45, 7) is 2.07. The second-order valence-electron chi connectivity index (χ2n) is 3.44. The maximum absolute atomic E-state index is 11.0. The van der Waals surface area contributed by atoms with Gasteiger partial charge in [-0.15, -0.1) is 0 Å². The maximum atomic E-state index is 11.0. The fraction of sp³-hybridized carbons (Fsp3) is 0.273. The number of nitrogens with one attached hydrogen (secondary N) is 3. The van der Waals surface area contributed by atoms with Gasteiger partial charge in [0.2, 0.25) is 5.91 Å². The van der Waals surface area contributed by atoms with Crippen molar-refractivity contribution in [3.8, 4) is 0 Å². The van der Waals surface area contributed by atoms with Crippen LogP contribution < -0.4 is 16.0 Å². The number of carbonyl (C=O) groups is 1. The molecule has 0 bridgehead atoms. The predicted molar refractivity (Wildman–Crippen MR) is 74.5 cm³/mol. The summed E-state index contributed by atoms with van der Waals surface area (Å²) in [6.07, 6.45) is 0. The standard InChI is InChI=1S/C11H14ClN3OS/c1-7-3-4-8(5-9(7)12)15-11(17)14-6-10(16)13-2/h3-5H,6H2,1-2H3,(H,13,16)(H2,14,15,17). The number of halogens is 1. The molecule has 0 heterocycles. The van der Waals surface area contributed by atoms with Crippen molar-refractivity contribution in [1.29, 1.82) is 0 Å². The van der Waals surface area contributed by atoms with Gasteiger partial charge in [0.25, 0.3) is 0 Å². The highest BCUT2D eigenvalue weighted by molar-refractivity contribution is 7.80. The van der Waals surface area contributed by atoms with Crippen molar-refractivity contribution in [2.24, 2.45) is 0 Å². The van der Waals surface area contributed by atoms with Crippen molar-refractivity contribution in [3.05, 3.63) is 28.8 Å². The van der Waals surface area contributed by atoms with Crippen LogP contribution in [-0.2, 0) is 4.79 Å². The van der Waals surface area contributed by atoms with Crippen LogP contribution in [0.2, 0.25) is 5.02 Å². The SMILES string of the molecule is CNC(=O)CNC(=S)Nc1ccc(C)c(Cl)c1. The topological polar surface area (TPSA) is 53.2 Å². The van der Waals surface area contributed by atoms with Crippen LogP contribution in [0.25, 0.3) is 0 Å². The molecule has 0 atom stereocenters. The number of rotatable bonds is 3. The summed E-state index contributed by atoms with van der Waals surface area (Å²) < 4.78 is 0. The van der Waals surface area contributed by atoms with E-state index in [-0.39, 0.29) is 12.5 Å². The molecule has 0 unspecified atom stereocenters. The third-order valence-corrected chi connectivity index (χ3v) is 2.77. The molecule has 0 radical (unpaired) electrons. The molecule has 6 heteroatoms. The van der Waals surface area contributed by atoms with Crippen LogP contribution in [0.15, 0.2) is 18.2 Å². The molecule has 1 aromatic carbocycles. The minimum absolute atomic E-state index is 0.129. The first-order valence-corrected chi connectivity index (χ1v) is 5.83. The van der Waals surface area contributed by atoms with E-state index in [1.807, 2.05) is 19.1 Å². The summed E-state index contributed by atoms with van der Waals surface area (Å²) in [4.78, 5) is 11.0. The zero-order valence-corrected chi connectivity index (χ0v) is 11.2. The molecule has 1 aromatic rings. The molecular weight excluding hydrogens is 258 g/mol. The summed E-state index contributed by atoms with van der Waals surface area (Å²) in [5.41, 5.74) is 1.79. The largest absolute Gasteiger partial charge is 0.358 e. The lowest BCUT2D eigenvalue weighted by Crippen LogP contribution is -2.37. The monoisotopic (exact) mass is 271 g/mol. The van der Waals surface area contributed by atoms with Crippen molar-refractivity contribution in [1.82, 2.24) is 10.6 Å². The normalized spacial score (nSPS) is 9.59. The lowest BCUT2D eigenvalue weighted by atomic mass is 10.2. The zero-order chi connectivity index (χ0) is 12.8. The first-order valence-electron chi connectivity index (χ1n) is 5.04. The quantitative estimate of drug-likeness (QED) is 0.733. The van der Waals surface area contributed by atoms with Crippen molar-refractivity contribution >= 4 is 40.5 Å². The third kappa shape index (κ3) is 4.58. The molecule has 92 valence electrons. The first kappa shape index (κ1) is 13.7. The first-order chi connectivity index (χ1) is 8.02. The fourth-order valence-electron chi connectivity index (χ4n) is 1.09. The van der Waals surface area contributed by atoms with Crippen LogP contribution in [0.3, 0.4) is 0 Å². The Morgan fingerprint density at radius 1 is 1.47 bits per heavy atom. The van der Waals surface area contributed by atoms with E-state index in [0.717, 1.165) is 11.3 Å². The van der Waals surface area contributed by atoms with Gasteiger partial charge in [-0.3, -0.25) is 4.79 Å². The molecule has 17 heavy (non-hydrogen) atoms. The Morgan fingerprint density at radius 2 is 2.18 bits per heavy atom. The number of thiocarbonyl (C=S) groups is 1. The molecule has 1 rings (SSSR count). The highest BCUT2D eigenvalue weighted by atomic mass is 35.5. The summed E-state index contributed by atoms with van der Waals surface area (Å²) >= 11 is 11.0. The zero-order valence-electron chi connectivity index (χ0n) is 9.63. The van der Waals surface area contributed by atoms with Crippen molar-refractivity contribution in [3.63, 3.8) is 0 Å². The molecule has 0 aliphatic carbocycles. The second kappa shape index (κ2) is 6.42. The van der Waals surface area contributed by atoms with Crippen LogP contribution in [-0.4, -0.2) is 24.6 Å². The van der Waals surface area contributed by atoms with Gasteiger partial charge in [-0.2, -0.15) is 0 Å². The number of hydrogen-bond acceptors (Lipinski definition) is 2. The van der Waals surface area contributed by atoms with E-state index in [1.54, 1.807) is 13.1 Å². The molecule has 0 aromatic heterocycles. The predicted octanol–water partition coefficient (Wildman–Crippen LogP) is 1.68. The molecule has 0 spiro atoms. The van der Waals surface area contributed by atoms with Gasteiger partial charge < -0.3 is 16.0 Å². The summed E-state index contributed by atoms with van der Waals surface area (Å²) in [5, 5.41) is 9.27. The van der Waals surface area contributed by atoms with E-state index in [4.69, 9.17) is 23.8 Å². The number of hydrogen-bond donors (Lipinski definition) is 3. The number of benzene rings is 1. The van der Waals surface area contributed by atoms with E-state index in [2.05, 4.69) is 16.0 Å². The van der Waals surface area contributed by atoms with Crippen LogP contribution in [0.5, 0.6) is 0 Å². The molecule has 4 nitrogen and oxygen atoms in total. The molecule has 1 amide bonds. The summed E-state index contributed by atoms with van der Waals surface area (Å²) in [6, 6.07) is 5.55. The number of anilines is 1. The van der Waals surface area contributed by atoms with E-state index in [1.165, 1.54) is 0 Å². The number of aryl methyl sites for hydroxylation is 1. The molecular formula is C11H14ClN3OS. The average molecular weight is 272 g/mol. The van der Waals surface area contributed by atoms with Crippen molar-refractivity contribution in [2.45, 2.75) is 6.92 Å². The molecule has 3 N–H and O–H groups in total. The Hall–Kier alpha value is -1.33. The van der Waals surface area contributed by atoms with Gasteiger partial charge in [-0.05, 0) is 36.8 Å². The molecule has 0 aliphatic heterocycles. The van der Waals surface area contributed by atoms with Crippen molar-refractivity contribution < 1.29 is 4.79 Å². The maximum Gasteiger partial charge on any atom is 0.239 e. The summed E-state index contributed by atoms with van der Waals surface area (Å²) in [7, 11) is 1.57. The van der Waals surface area contributed by atoms with Gasteiger partial charge in [-0.1, -0.05) is 17.7 Å². The summed E-state index contributed by atoms with van der Waals surface area (Å²) in [5.74, 6) is -0.129. The van der Waals surface area contributed by atoms with E-state index in [0.29, 0.717) is 10.1 Å². The highest BCUT2D eigenvalue weighted by Crippen LogP contribution is 2.19. The smallest absolute Gasteiger partial charge is 0.239 e. The number of amides is 1. The number of carbonyl (C=O) groups excluding carboxylic acids is 1. The molecule has 0 saturated carbocycles. The van der Waals surface area contributed by atoms with Crippen LogP contribution >= 0.6 is 23.8 Å². The highest BCUT2D eigenvalue weighted by Gasteiger charge is 2.02. The Balaban J connectivity index is 2.50. The van der Waals surface area contributed by atoms with Gasteiger partial charge in [-0.25, -0.2) is 0 Å². The Bertz CT molecular complexity index is 437. The minimum atomic E-state index is -0.129. The third-order valence-electron chi connectivity index (χ3n) is 2.12. The molecule has 0 aliphatic rings.